The first-order valence-electron chi connectivity index (χ1n) is 7.20. The zero-order chi connectivity index (χ0) is 15.4. The number of piperidine rings is 1. The van der Waals surface area contributed by atoms with Gasteiger partial charge in [0.2, 0.25) is 5.91 Å². The summed E-state index contributed by atoms with van der Waals surface area (Å²) in [5, 5.41) is 7.12. The Kier molecular flexibility index (Phi) is 4.82. The molecule has 1 fully saturated rings. The van der Waals surface area contributed by atoms with E-state index >= 15 is 0 Å². The second-order valence-electron chi connectivity index (χ2n) is 5.61. The fourth-order valence-corrected chi connectivity index (χ4v) is 2.52. The Morgan fingerprint density at radius 3 is 2.62 bits per heavy atom. The van der Waals surface area contributed by atoms with Crippen molar-refractivity contribution in [3.8, 4) is 0 Å². The van der Waals surface area contributed by atoms with E-state index in [1.807, 2.05) is 18.1 Å². The van der Waals surface area contributed by atoms with Crippen LogP contribution in [-0.4, -0.2) is 57.7 Å². The number of likely N-dealkylation sites (tertiary alicyclic amines) is 1. The number of carbonyl (C=O) groups is 2. The molecule has 7 nitrogen and oxygen atoms in total. The first kappa shape index (κ1) is 15.3. The second kappa shape index (κ2) is 6.60. The van der Waals surface area contributed by atoms with Crippen LogP contribution in [0.15, 0.2) is 12.4 Å². The Hall–Kier alpha value is -2.05. The van der Waals surface area contributed by atoms with E-state index < -0.39 is 0 Å². The van der Waals surface area contributed by atoms with Crippen molar-refractivity contribution in [2.75, 3.05) is 20.1 Å². The third-order valence-electron chi connectivity index (χ3n) is 3.79. The molecule has 0 radical (unpaired) electrons. The minimum Gasteiger partial charge on any atom is -0.343 e. The number of rotatable bonds is 3. The largest absolute Gasteiger partial charge is 0.343 e. The number of aryl methyl sites for hydroxylation is 1. The highest BCUT2D eigenvalue weighted by Gasteiger charge is 2.23. The third-order valence-corrected chi connectivity index (χ3v) is 3.79. The van der Waals surface area contributed by atoms with Crippen molar-refractivity contribution in [2.45, 2.75) is 32.4 Å². The van der Waals surface area contributed by atoms with Gasteiger partial charge in [-0.3, -0.25) is 9.48 Å². The van der Waals surface area contributed by atoms with Gasteiger partial charge in [-0.2, -0.15) is 5.10 Å². The summed E-state index contributed by atoms with van der Waals surface area (Å²) in [7, 11) is 3.62. The summed E-state index contributed by atoms with van der Waals surface area (Å²) >= 11 is 0. The van der Waals surface area contributed by atoms with E-state index in [1.165, 1.54) is 0 Å². The predicted octanol–water partition coefficient (Wildman–Crippen LogP) is 0.572. The molecule has 1 saturated heterocycles. The van der Waals surface area contributed by atoms with Crippen molar-refractivity contribution in [3.63, 3.8) is 0 Å². The van der Waals surface area contributed by atoms with Crippen molar-refractivity contribution in [2.24, 2.45) is 7.05 Å². The van der Waals surface area contributed by atoms with Gasteiger partial charge in [-0.15, -0.1) is 0 Å². The normalized spacial score (nSPS) is 15.9. The quantitative estimate of drug-likeness (QED) is 0.886. The summed E-state index contributed by atoms with van der Waals surface area (Å²) < 4.78 is 1.72. The molecule has 0 spiro atoms. The number of urea groups is 1. The van der Waals surface area contributed by atoms with Gasteiger partial charge in [0, 0.05) is 51.9 Å². The number of aromatic nitrogens is 2. The van der Waals surface area contributed by atoms with Crippen molar-refractivity contribution in [3.05, 3.63) is 18.0 Å². The molecule has 1 aromatic rings. The van der Waals surface area contributed by atoms with E-state index in [0.717, 1.165) is 18.4 Å². The molecule has 7 heteroatoms. The van der Waals surface area contributed by atoms with Crippen LogP contribution in [0.5, 0.6) is 0 Å². The van der Waals surface area contributed by atoms with Crippen molar-refractivity contribution < 1.29 is 9.59 Å². The lowest BCUT2D eigenvalue weighted by Crippen LogP contribution is -2.48. The lowest BCUT2D eigenvalue weighted by atomic mass is 10.1. The van der Waals surface area contributed by atoms with Gasteiger partial charge in [-0.05, 0) is 12.8 Å². The molecular formula is C14H23N5O2. The maximum absolute atomic E-state index is 12.1. The van der Waals surface area contributed by atoms with Gasteiger partial charge in [0.05, 0.1) is 12.7 Å². The van der Waals surface area contributed by atoms with Gasteiger partial charge in [0.1, 0.15) is 0 Å². The van der Waals surface area contributed by atoms with Crippen LogP contribution in [0.3, 0.4) is 0 Å². The first-order chi connectivity index (χ1) is 9.95. The molecule has 0 aliphatic carbocycles. The highest BCUT2D eigenvalue weighted by Crippen LogP contribution is 2.11. The summed E-state index contributed by atoms with van der Waals surface area (Å²) in [5.41, 5.74) is 1.00. The summed E-state index contributed by atoms with van der Waals surface area (Å²) in [6, 6.07) is 0.0598. The molecular weight excluding hydrogens is 270 g/mol. The molecule has 1 N–H and O–H groups in total. The first-order valence-corrected chi connectivity index (χ1v) is 7.20. The van der Waals surface area contributed by atoms with Crippen LogP contribution in [0.2, 0.25) is 0 Å². The molecule has 0 bridgehead atoms. The van der Waals surface area contributed by atoms with Crippen molar-refractivity contribution >= 4 is 11.9 Å². The van der Waals surface area contributed by atoms with Crippen LogP contribution in [0.25, 0.3) is 0 Å². The molecule has 1 aliphatic heterocycles. The average molecular weight is 293 g/mol. The molecule has 0 aromatic carbocycles. The fourth-order valence-electron chi connectivity index (χ4n) is 2.52. The average Bonchev–Trinajstić information content (AvgIpc) is 2.84. The summed E-state index contributed by atoms with van der Waals surface area (Å²) in [6.07, 6.45) is 5.28. The molecule has 2 heterocycles. The Bertz CT molecular complexity index is 505. The molecule has 0 atom stereocenters. The fraction of sp³-hybridized carbons (Fsp3) is 0.643. The standard InChI is InChI=1S/C14H23N5O2/c1-11(20)19-6-4-13(5-7-19)16-14(21)17(2)9-12-8-15-18(3)10-12/h8,10,13H,4-7,9H2,1-3H3,(H,16,21). The van der Waals surface area contributed by atoms with Gasteiger partial charge in [0.25, 0.3) is 0 Å². The zero-order valence-electron chi connectivity index (χ0n) is 12.9. The lowest BCUT2D eigenvalue weighted by molar-refractivity contribution is -0.129. The Labute approximate surface area is 124 Å². The second-order valence-corrected chi connectivity index (χ2v) is 5.61. The van der Waals surface area contributed by atoms with E-state index in [1.54, 1.807) is 29.7 Å². The number of carbonyl (C=O) groups excluding carboxylic acids is 2. The van der Waals surface area contributed by atoms with Crippen LogP contribution in [0.1, 0.15) is 25.3 Å². The monoisotopic (exact) mass is 293 g/mol. The van der Waals surface area contributed by atoms with Crippen LogP contribution in [0.4, 0.5) is 4.79 Å². The number of nitrogens with one attached hydrogen (secondary N) is 1. The van der Waals surface area contributed by atoms with Crippen LogP contribution in [-0.2, 0) is 18.4 Å². The number of amides is 3. The number of hydrogen-bond acceptors (Lipinski definition) is 3. The van der Waals surface area contributed by atoms with E-state index in [0.29, 0.717) is 19.6 Å². The van der Waals surface area contributed by atoms with Crippen LogP contribution >= 0.6 is 0 Å². The Morgan fingerprint density at radius 1 is 1.43 bits per heavy atom. The molecule has 116 valence electrons. The lowest BCUT2D eigenvalue weighted by Gasteiger charge is -2.32. The molecule has 0 saturated carbocycles. The maximum Gasteiger partial charge on any atom is 0.317 e. The van der Waals surface area contributed by atoms with Crippen LogP contribution in [0, 0.1) is 0 Å². The molecule has 0 unspecified atom stereocenters. The van der Waals surface area contributed by atoms with Crippen molar-refractivity contribution in [1.82, 2.24) is 24.9 Å². The highest BCUT2D eigenvalue weighted by atomic mass is 16.2. The minimum absolute atomic E-state index is 0.0832. The van der Waals surface area contributed by atoms with Gasteiger partial charge >= 0.3 is 6.03 Å². The Balaban J connectivity index is 1.77. The van der Waals surface area contributed by atoms with Crippen molar-refractivity contribution in [1.29, 1.82) is 0 Å². The maximum atomic E-state index is 12.1. The predicted molar refractivity (Wildman–Crippen MR) is 78.5 cm³/mol. The van der Waals surface area contributed by atoms with Gasteiger partial charge < -0.3 is 15.1 Å². The minimum atomic E-state index is -0.0832. The highest BCUT2D eigenvalue weighted by molar-refractivity contribution is 5.75. The van der Waals surface area contributed by atoms with Gasteiger partial charge in [-0.1, -0.05) is 0 Å². The zero-order valence-corrected chi connectivity index (χ0v) is 12.9. The van der Waals surface area contributed by atoms with E-state index in [4.69, 9.17) is 0 Å². The third kappa shape index (κ3) is 4.21. The Morgan fingerprint density at radius 2 is 2.10 bits per heavy atom. The van der Waals surface area contributed by atoms with E-state index in [2.05, 4.69) is 10.4 Å². The molecule has 3 amide bonds. The van der Waals surface area contributed by atoms with E-state index in [-0.39, 0.29) is 18.0 Å². The number of hydrogen-bond donors (Lipinski definition) is 1. The molecule has 1 aromatic heterocycles. The smallest absolute Gasteiger partial charge is 0.317 e. The van der Waals surface area contributed by atoms with Gasteiger partial charge in [0.15, 0.2) is 0 Å². The SMILES string of the molecule is CC(=O)N1CCC(NC(=O)N(C)Cc2cnn(C)c2)CC1. The topological polar surface area (TPSA) is 70.5 Å². The van der Waals surface area contributed by atoms with Crippen LogP contribution < -0.4 is 5.32 Å². The summed E-state index contributed by atoms with van der Waals surface area (Å²) in [5.74, 6) is 0.105. The number of nitrogens with zero attached hydrogens (tertiary/aromatic N) is 4. The molecule has 2 rings (SSSR count). The summed E-state index contributed by atoms with van der Waals surface area (Å²) in [4.78, 5) is 26.9. The van der Waals surface area contributed by atoms with E-state index in [9.17, 15) is 9.59 Å². The molecule has 1 aliphatic rings. The molecule has 21 heavy (non-hydrogen) atoms. The van der Waals surface area contributed by atoms with Gasteiger partial charge in [-0.25, -0.2) is 4.79 Å². The summed E-state index contributed by atoms with van der Waals surface area (Å²) in [6.45, 7) is 3.55.